The lowest BCUT2D eigenvalue weighted by Crippen LogP contribution is -2.51. The number of hydrogen-bond acceptors (Lipinski definition) is 5. The second-order valence-electron chi connectivity index (χ2n) is 10.6. The first-order valence-electron chi connectivity index (χ1n) is 13.5. The number of fused-ring (bicyclic) bond motifs is 2. The van der Waals surface area contributed by atoms with Crippen LogP contribution in [0, 0.1) is 5.82 Å². The average Bonchev–Trinajstić information content (AvgIpc) is 3.43. The minimum Gasteiger partial charge on any atom is -0.427 e. The van der Waals surface area contributed by atoms with Crippen molar-refractivity contribution in [2.24, 2.45) is 0 Å². The minimum atomic E-state index is -4.80. The minimum absolute atomic E-state index is 0.0899. The van der Waals surface area contributed by atoms with Crippen molar-refractivity contribution in [3.05, 3.63) is 89.2 Å². The van der Waals surface area contributed by atoms with Crippen LogP contribution in [0.25, 0.3) is 11.1 Å². The molecule has 0 aromatic heterocycles. The highest BCUT2D eigenvalue weighted by molar-refractivity contribution is 6.06. The predicted octanol–water partition coefficient (Wildman–Crippen LogP) is 5.55. The molecule has 2 aliphatic rings. The van der Waals surface area contributed by atoms with E-state index in [9.17, 15) is 36.7 Å². The van der Waals surface area contributed by atoms with Gasteiger partial charge in [-0.1, -0.05) is 48.5 Å². The van der Waals surface area contributed by atoms with Gasteiger partial charge in [0.2, 0.25) is 17.4 Å². The van der Waals surface area contributed by atoms with Gasteiger partial charge < -0.3 is 15.0 Å². The van der Waals surface area contributed by atoms with E-state index in [4.69, 9.17) is 4.74 Å². The first kappa shape index (κ1) is 29.7. The summed E-state index contributed by atoms with van der Waals surface area (Å²) in [7, 11) is 0. The number of ether oxygens (including phenoxy) is 1. The quantitative estimate of drug-likeness (QED) is 0.361. The van der Waals surface area contributed by atoms with E-state index < -0.39 is 54.6 Å². The molecule has 4 amide bonds. The Kier molecular flexibility index (Phi) is 7.72. The van der Waals surface area contributed by atoms with Gasteiger partial charge >= 0.3 is 12.3 Å². The molecule has 0 saturated carbocycles. The smallest absolute Gasteiger partial charge is 0.418 e. The van der Waals surface area contributed by atoms with Crippen LogP contribution < -0.4 is 5.32 Å². The van der Waals surface area contributed by atoms with Gasteiger partial charge in [-0.25, -0.2) is 14.1 Å². The Balaban J connectivity index is 1.40. The van der Waals surface area contributed by atoms with Gasteiger partial charge in [0.05, 0.1) is 0 Å². The highest BCUT2D eigenvalue weighted by atomic mass is 19.4. The second kappa shape index (κ2) is 11.2. The van der Waals surface area contributed by atoms with E-state index in [1.165, 1.54) is 19.1 Å². The zero-order valence-electron chi connectivity index (χ0n) is 23.2. The fourth-order valence-electron chi connectivity index (χ4n) is 5.48. The Hall–Kier alpha value is -4.74. The number of benzene rings is 3. The van der Waals surface area contributed by atoms with Crippen LogP contribution in [0.1, 0.15) is 37.0 Å². The lowest BCUT2D eigenvalue weighted by molar-refractivity contribution is -0.187. The molecule has 1 saturated heterocycles. The highest BCUT2D eigenvalue weighted by Gasteiger charge is 2.58. The van der Waals surface area contributed by atoms with Crippen LogP contribution in [0.2, 0.25) is 0 Å². The van der Waals surface area contributed by atoms with Gasteiger partial charge in [0, 0.05) is 36.7 Å². The third-order valence-corrected chi connectivity index (χ3v) is 7.73. The molecule has 1 unspecified atom stereocenters. The van der Waals surface area contributed by atoms with E-state index in [-0.39, 0.29) is 17.9 Å². The van der Waals surface area contributed by atoms with Gasteiger partial charge in [0.25, 0.3) is 5.91 Å². The van der Waals surface area contributed by atoms with Gasteiger partial charge in [0.15, 0.2) is 0 Å². The maximum atomic E-state index is 13.7. The number of imide groups is 1. The Labute approximate surface area is 244 Å². The molecule has 5 rings (SSSR count). The summed E-state index contributed by atoms with van der Waals surface area (Å²) in [5.41, 5.74) is 1.75. The van der Waals surface area contributed by atoms with E-state index in [1.54, 1.807) is 24.3 Å². The maximum Gasteiger partial charge on any atom is 0.418 e. The maximum absolute atomic E-state index is 13.7. The number of alkyl halides is 3. The zero-order valence-corrected chi connectivity index (χ0v) is 23.2. The van der Waals surface area contributed by atoms with Crippen molar-refractivity contribution >= 4 is 29.5 Å². The molecule has 1 aliphatic carbocycles. The average molecular weight is 598 g/mol. The Morgan fingerprint density at radius 3 is 2.44 bits per heavy atom. The van der Waals surface area contributed by atoms with E-state index in [0.29, 0.717) is 33.0 Å². The lowest BCUT2D eigenvalue weighted by Gasteiger charge is -2.31. The molecule has 43 heavy (non-hydrogen) atoms. The van der Waals surface area contributed by atoms with Crippen molar-refractivity contribution in [1.29, 1.82) is 0 Å². The molecule has 3 aromatic carbocycles. The summed E-state index contributed by atoms with van der Waals surface area (Å²) < 4.78 is 60.0. The number of nitrogens with one attached hydrogen (secondary N) is 1. The number of carbonyl (C=O) groups is 4. The summed E-state index contributed by atoms with van der Waals surface area (Å²) >= 11 is 0. The summed E-state index contributed by atoms with van der Waals surface area (Å²) in [4.78, 5) is 52.5. The van der Waals surface area contributed by atoms with Gasteiger partial charge in [0.1, 0.15) is 18.4 Å². The van der Waals surface area contributed by atoms with Crippen LogP contribution in [0.15, 0.2) is 66.7 Å². The Morgan fingerprint density at radius 1 is 1.07 bits per heavy atom. The highest BCUT2D eigenvalue weighted by Crippen LogP contribution is 2.46. The molecule has 1 N–H and O–H groups in total. The second-order valence-corrected chi connectivity index (χ2v) is 10.6. The summed E-state index contributed by atoms with van der Waals surface area (Å²) in [6.45, 7) is 0.708. The van der Waals surface area contributed by atoms with Crippen LogP contribution in [0.4, 0.5) is 28.0 Å². The van der Waals surface area contributed by atoms with Crippen LogP contribution in [-0.2, 0) is 37.7 Å². The number of halogens is 4. The Bertz CT molecular complexity index is 1610. The van der Waals surface area contributed by atoms with Crippen LogP contribution in [0.5, 0.6) is 0 Å². The van der Waals surface area contributed by atoms with Gasteiger partial charge in [-0.05, 0) is 48.2 Å². The molecule has 1 heterocycles. The summed E-state index contributed by atoms with van der Waals surface area (Å²) in [6.07, 6.45) is -5.49. The molecular formula is C31H27F4N3O5. The summed E-state index contributed by atoms with van der Waals surface area (Å²) in [6, 6.07) is 14.7. The fraction of sp³-hybridized carbons (Fsp3) is 0.290. The van der Waals surface area contributed by atoms with E-state index >= 15 is 0 Å². The first-order valence-corrected chi connectivity index (χ1v) is 13.5. The van der Waals surface area contributed by atoms with Crippen LogP contribution in [-0.4, -0.2) is 52.4 Å². The molecule has 2 atom stereocenters. The molecule has 0 radical (unpaired) electrons. The molecule has 1 fully saturated rings. The first-order chi connectivity index (χ1) is 20.3. The normalized spacial score (nSPS) is 18.4. The van der Waals surface area contributed by atoms with Crippen molar-refractivity contribution in [3.8, 4) is 11.1 Å². The third-order valence-electron chi connectivity index (χ3n) is 7.73. The van der Waals surface area contributed by atoms with Crippen molar-refractivity contribution in [1.82, 2.24) is 9.80 Å². The lowest BCUT2D eigenvalue weighted by atomic mass is 9.92. The fourth-order valence-corrected chi connectivity index (χ4v) is 5.48. The molecule has 12 heteroatoms. The number of rotatable bonds is 7. The molecule has 224 valence electrons. The number of para-hydroxylation sites is 1. The monoisotopic (exact) mass is 597 g/mol. The molecule has 3 aromatic rings. The zero-order chi connectivity index (χ0) is 31.1. The number of aryl methyl sites for hydroxylation is 1. The molecule has 1 spiro atoms. The predicted molar refractivity (Wildman–Crippen MR) is 147 cm³/mol. The van der Waals surface area contributed by atoms with Gasteiger partial charge in [-0.15, -0.1) is 0 Å². The number of hydrogen-bond donors (Lipinski definition) is 1. The summed E-state index contributed by atoms with van der Waals surface area (Å²) in [5.74, 6) is -2.80. The topological polar surface area (TPSA) is 96.0 Å². The van der Waals surface area contributed by atoms with Crippen molar-refractivity contribution < 1.29 is 41.5 Å². The molecule has 1 aliphatic heterocycles. The van der Waals surface area contributed by atoms with Gasteiger partial charge in [-0.2, -0.15) is 13.2 Å². The largest absolute Gasteiger partial charge is 0.427 e. The van der Waals surface area contributed by atoms with Gasteiger partial charge in [-0.3, -0.25) is 14.4 Å². The number of carbonyl (C=O) groups excluding carboxylic acids is 4. The molecule has 8 nitrogen and oxygen atoms in total. The van der Waals surface area contributed by atoms with E-state index in [2.05, 4.69) is 5.32 Å². The third kappa shape index (κ3) is 5.69. The number of anilines is 1. The summed E-state index contributed by atoms with van der Waals surface area (Å²) in [5, 5.41) is 2.78. The molecule has 0 bridgehead atoms. The number of amides is 4. The SMILES string of the molecule is CC(=O)Nc1ccccc1-c1ccc2c(c1)CCC21OC(=O)N(CC(=O)N(Cc2ccc(F)cc2)[C@@H](C)C(F)(F)F)C1=O. The number of nitrogens with zero attached hydrogens (tertiary/aromatic N) is 2. The van der Waals surface area contributed by atoms with E-state index in [0.717, 1.165) is 30.2 Å². The Morgan fingerprint density at radius 2 is 1.77 bits per heavy atom. The standard InChI is InChI=1S/C31H27F4N3O5/c1-18(31(33,34)35)37(16-20-7-10-23(32)11-8-20)27(40)17-38-28(41)30(43-29(38)42)14-13-22-15-21(9-12-25(22)30)24-5-3-4-6-26(24)36-19(2)39/h3-12,15,18H,13-14,16-17H2,1-2H3,(H,36,39)/t18-,30?/m0/s1. The van der Waals surface area contributed by atoms with E-state index in [1.807, 2.05) is 18.2 Å². The van der Waals surface area contributed by atoms with Crippen molar-refractivity contribution in [2.75, 3.05) is 11.9 Å². The van der Waals surface area contributed by atoms with Crippen molar-refractivity contribution in [3.63, 3.8) is 0 Å². The van der Waals surface area contributed by atoms with Crippen LogP contribution >= 0.6 is 0 Å². The van der Waals surface area contributed by atoms with Crippen molar-refractivity contribution in [2.45, 2.75) is 51.1 Å². The molecular weight excluding hydrogens is 570 g/mol. The van der Waals surface area contributed by atoms with Crippen LogP contribution in [0.3, 0.4) is 0 Å².